The SMILES string of the molecule is CCC1CCNC(C2(O)CCC3(CC2)OCCO3)C1. The number of hydrogen-bond donors (Lipinski definition) is 2. The summed E-state index contributed by atoms with van der Waals surface area (Å²) in [6.45, 7) is 4.72. The molecule has 110 valence electrons. The summed E-state index contributed by atoms with van der Waals surface area (Å²) in [7, 11) is 0. The average Bonchev–Trinajstić information content (AvgIpc) is 2.92. The lowest BCUT2D eigenvalue weighted by Crippen LogP contribution is -2.57. The smallest absolute Gasteiger partial charge is 0.168 e. The molecule has 0 bridgehead atoms. The molecular weight excluding hydrogens is 242 g/mol. The molecule has 0 aromatic rings. The predicted molar refractivity (Wildman–Crippen MR) is 72.9 cm³/mol. The van der Waals surface area contributed by atoms with Crippen molar-refractivity contribution in [2.24, 2.45) is 5.92 Å². The minimum absolute atomic E-state index is 0.255. The molecule has 2 atom stereocenters. The van der Waals surface area contributed by atoms with Gasteiger partial charge in [0.05, 0.1) is 18.8 Å². The van der Waals surface area contributed by atoms with Gasteiger partial charge in [-0.25, -0.2) is 0 Å². The van der Waals surface area contributed by atoms with Crippen LogP contribution in [0.4, 0.5) is 0 Å². The Morgan fingerprint density at radius 3 is 2.47 bits per heavy atom. The van der Waals surface area contributed by atoms with Crippen molar-refractivity contribution in [2.75, 3.05) is 19.8 Å². The third-order valence-corrected chi connectivity index (χ3v) is 5.43. The first-order chi connectivity index (χ1) is 9.16. The molecule has 4 nitrogen and oxygen atoms in total. The van der Waals surface area contributed by atoms with E-state index >= 15 is 0 Å². The van der Waals surface area contributed by atoms with Gasteiger partial charge in [-0.3, -0.25) is 0 Å². The average molecular weight is 269 g/mol. The Morgan fingerprint density at radius 1 is 1.16 bits per heavy atom. The van der Waals surface area contributed by atoms with E-state index in [0.717, 1.165) is 44.6 Å². The summed E-state index contributed by atoms with van der Waals surface area (Å²) < 4.78 is 11.5. The molecule has 2 saturated heterocycles. The molecule has 3 fully saturated rings. The molecule has 1 spiro atoms. The molecule has 19 heavy (non-hydrogen) atoms. The molecule has 0 radical (unpaired) electrons. The molecule has 1 aliphatic carbocycles. The van der Waals surface area contributed by atoms with Gasteiger partial charge in [0.25, 0.3) is 0 Å². The van der Waals surface area contributed by atoms with Crippen LogP contribution in [0.5, 0.6) is 0 Å². The van der Waals surface area contributed by atoms with Gasteiger partial charge >= 0.3 is 0 Å². The normalized spacial score (nSPS) is 37.6. The fourth-order valence-electron chi connectivity index (χ4n) is 3.97. The Bertz CT molecular complexity index is 305. The van der Waals surface area contributed by atoms with Crippen molar-refractivity contribution in [1.82, 2.24) is 5.32 Å². The van der Waals surface area contributed by atoms with E-state index in [1.54, 1.807) is 0 Å². The highest BCUT2D eigenvalue weighted by Gasteiger charge is 2.49. The summed E-state index contributed by atoms with van der Waals surface area (Å²) in [5.41, 5.74) is -0.561. The molecule has 2 unspecified atom stereocenters. The summed E-state index contributed by atoms with van der Waals surface area (Å²) >= 11 is 0. The van der Waals surface area contributed by atoms with E-state index in [-0.39, 0.29) is 11.8 Å². The first-order valence-corrected chi connectivity index (χ1v) is 7.89. The first-order valence-electron chi connectivity index (χ1n) is 7.89. The molecule has 3 rings (SSSR count). The highest BCUT2D eigenvalue weighted by atomic mass is 16.7. The number of aliphatic hydroxyl groups is 1. The molecule has 0 aromatic heterocycles. The maximum Gasteiger partial charge on any atom is 0.168 e. The van der Waals surface area contributed by atoms with E-state index in [1.165, 1.54) is 12.8 Å². The zero-order valence-electron chi connectivity index (χ0n) is 12.0. The lowest BCUT2D eigenvalue weighted by Gasteiger charge is -2.47. The Morgan fingerprint density at radius 2 is 1.84 bits per heavy atom. The molecule has 1 saturated carbocycles. The topological polar surface area (TPSA) is 50.7 Å². The third-order valence-electron chi connectivity index (χ3n) is 5.43. The second kappa shape index (κ2) is 5.32. The second-order valence-corrected chi connectivity index (χ2v) is 6.52. The van der Waals surface area contributed by atoms with E-state index in [0.29, 0.717) is 13.2 Å². The first kappa shape index (κ1) is 13.8. The maximum atomic E-state index is 11.0. The van der Waals surface area contributed by atoms with Gasteiger partial charge in [0, 0.05) is 18.9 Å². The van der Waals surface area contributed by atoms with Gasteiger partial charge in [-0.15, -0.1) is 0 Å². The second-order valence-electron chi connectivity index (χ2n) is 6.52. The van der Waals surface area contributed by atoms with Crippen molar-refractivity contribution in [3.8, 4) is 0 Å². The van der Waals surface area contributed by atoms with Crippen LogP contribution in [0.2, 0.25) is 0 Å². The van der Waals surface area contributed by atoms with Gasteiger partial charge in [-0.2, -0.15) is 0 Å². The predicted octanol–water partition coefficient (Wildman–Crippen LogP) is 1.81. The zero-order chi connectivity index (χ0) is 13.3. The molecule has 2 heterocycles. The van der Waals surface area contributed by atoms with Gasteiger partial charge < -0.3 is 19.9 Å². The van der Waals surface area contributed by atoms with Crippen molar-refractivity contribution in [3.05, 3.63) is 0 Å². The molecular formula is C15H27NO3. The summed E-state index contributed by atoms with van der Waals surface area (Å²) in [6, 6.07) is 0.255. The van der Waals surface area contributed by atoms with Gasteiger partial charge in [-0.1, -0.05) is 13.3 Å². The van der Waals surface area contributed by atoms with Crippen molar-refractivity contribution >= 4 is 0 Å². The summed E-state index contributed by atoms with van der Waals surface area (Å²) in [5.74, 6) is 0.399. The Balaban J connectivity index is 1.61. The third kappa shape index (κ3) is 2.68. The minimum atomic E-state index is -0.561. The molecule has 2 N–H and O–H groups in total. The monoisotopic (exact) mass is 269 g/mol. The van der Waals surface area contributed by atoms with Crippen molar-refractivity contribution in [3.63, 3.8) is 0 Å². The quantitative estimate of drug-likeness (QED) is 0.803. The zero-order valence-corrected chi connectivity index (χ0v) is 12.0. The fraction of sp³-hybridized carbons (Fsp3) is 1.00. The van der Waals surface area contributed by atoms with Gasteiger partial charge in [0.15, 0.2) is 5.79 Å². The largest absolute Gasteiger partial charge is 0.388 e. The molecule has 0 amide bonds. The lowest BCUT2D eigenvalue weighted by molar-refractivity contribution is -0.207. The van der Waals surface area contributed by atoms with Crippen LogP contribution in [0.25, 0.3) is 0 Å². The van der Waals surface area contributed by atoms with Gasteiger partial charge in [-0.05, 0) is 38.1 Å². The van der Waals surface area contributed by atoms with Crippen LogP contribution in [0, 0.1) is 5.92 Å². The van der Waals surface area contributed by atoms with Gasteiger partial charge in [0.2, 0.25) is 0 Å². The Kier molecular flexibility index (Phi) is 3.87. The van der Waals surface area contributed by atoms with Crippen LogP contribution in [-0.2, 0) is 9.47 Å². The van der Waals surface area contributed by atoms with E-state index in [4.69, 9.17) is 9.47 Å². The molecule has 0 aromatic carbocycles. The number of rotatable bonds is 2. The van der Waals surface area contributed by atoms with Crippen molar-refractivity contribution in [2.45, 2.75) is 69.3 Å². The van der Waals surface area contributed by atoms with E-state index in [1.807, 2.05) is 0 Å². The van der Waals surface area contributed by atoms with Crippen LogP contribution in [0.15, 0.2) is 0 Å². The Labute approximate surface area is 115 Å². The van der Waals surface area contributed by atoms with Crippen LogP contribution in [-0.4, -0.2) is 42.3 Å². The van der Waals surface area contributed by atoms with E-state index < -0.39 is 5.60 Å². The maximum absolute atomic E-state index is 11.0. The summed E-state index contributed by atoms with van der Waals surface area (Å²) in [5, 5.41) is 14.5. The molecule has 3 aliphatic rings. The number of hydrogen-bond acceptors (Lipinski definition) is 4. The van der Waals surface area contributed by atoms with Gasteiger partial charge in [0.1, 0.15) is 0 Å². The minimum Gasteiger partial charge on any atom is -0.388 e. The van der Waals surface area contributed by atoms with Crippen LogP contribution in [0.1, 0.15) is 51.9 Å². The fourth-order valence-corrected chi connectivity index (χ4v) is 3.97. The Hall–Kier alpha value is -0.160. The van der Waals surface area contributed by atoms with E-state index in [9.17, 15) is 5.11 Å². The van der Waals surface area contributed by atoms with Crippen LogP contribution < -0.4 is 5.32 Å². The standard InChI is InChI=1S/C15H27NO3/c1-2-12-3-8-16-13(11-12)14(17)4-6-15(7-5-14)18-9-10-19-15/h12-13,16-17H,2-11H2,1H3. The lowest BCUT2D eigenvalue weighted by atomic mass is 9.72. The van der Waals surface area contributed by atoms with Crippen molar-refractivity contribution < 1.29 is 14.6 Å². The van der Waals surface area contributed by atoms with Crippen molar-refractivity contribution in [1.29, 1.82) is 0 Å². The number of piperidine rings is 1. The highest BCUT2D eigenvalue weighted by molar-refractivity contribution is 5.00. The molecule has 2 aliphatic heterocycles. The summed E-state index contributed by atoms with van der Waals surface area (Å²) in [6.07, 6.45) is 6.84. The van der Waals surface area contributed by atoms with Crippen LogP contribution >= 0.6 is 0 Å². The number of ether oxygens (including phenoxy) is 2. The van der Waals surface area contributed by atoms with Crippen LogP contribution in [0.3, 0.4) is 0 Å². The summed E-state index contributed by atoms with van der Waals surface area (Å²) in [4.78, 5) is 0. The van der Waals surface area contributed by atoms with E-state index in [2.05, 4.69) is 12.2 Å². The highest BCUT2D eigenvalue weighted by Crippen LogP contribution is 2.43. The molecule has 4 heteroatoms. The number of nitrogens with one attached hydrogen (secondary N) is 1.